The lowest BCUT2D eigenvalue weighted by Crippen LogP contribution is -2.27. The molecule has 0 aromatic heterocycles. The average molecular weight is 388 g/mol. The van der Waals surface area contributed by atoms with Gasteiger partial charge in [0.05, 0.1) is 23.2 Å². The molecule has 0 aliphatic heterocycles. The average Bonchev–Trinajstić information content (AvgIpc) is 2.73. The van der Waals surface area contributed by atoms with E-state index in [0.717, 1.165) is 0 Å². The number of carbonyl (C=O) groups is 2. The molecule has 3 rings (SSSR count). The number of halogens is 1. The molecule has 3 aromatic rings. The lowest BCUT2D eigenvalue weighted by atomic mass is 9.96. The SMILES string of the molecule is C[C@@H](NC(=O)c1cc(C(=O)O)cc(-c2ccccc2C#N)c1)c1ccc(F)cc1. The number of rotatable bonds is 5. The molecule has 0 saturated heterocycles. The fraction of sp³-hybridized carbons (Fsp3) is 0.0870. The van der Waals surface area contributed by atoms with E-state index < -0.39 is 17.9 Å². The summed E-state index contributed by atoms with van der Waals surface area (Å²) in [7, 11) is 0. The zero-order chi connectivity index (χ0) is 21.0. The van der Waals surface area contributed by atoms with Gasteiger partial charge in [0.1, 0.15) is 5.82 Å². The van der Waals surface area contributed by atoms with Gasteiger partial charge in [0.25, 0.3) is 5.91 Å². The first-order valence-corrected chi connectivity index (χ1v) is 8.83. The van der Waals surface area contributed by atoms with Crippen molar-refractivity contribution >= 4 is 11.9 Å². The summed E-state index contributed by atoms with van der Waals surface area (Å²) in [6.45, 7) is 1.75. The molecule has 0 fully saturated rings. The van der Waals surface area contributed by atoms with Gasteiger partial charge in [-0.05, 0) is 60.0 Å². The minimum atomic E-state index is -1.18. The molecule has 144 valence electrons. The smallest absolute Gasteiger partial charge is 0.335 e. The maximum atomic E-state index is 13.1. The van der Waals surface area contributed by atoms with E-state index in [2.05, 4.69) is 11.4 Å². The molecule has 0 radical (unpaired) electrons. The fourth-order valence-electron chi connectivity index (χ4n) is 2.98. The first-order chi connectivity index (χ1) is 13.9. The molecule has 1 atom stereocenters. The van der Waals surface area contributed by atoms with Crippen LogP contribution in [0, 0.1) is 17.1 Å². The molecular formula is C23H17FN2O3. The number of aromatic carboxylic acids is 1. The Hall–Kier alpha value is -3.98. The number of nitrogens with one attached hydrogen (secondary N) is 1. The van der Waals surface area contributed by atoms with E-state index in [1.165, 1.54) is 24.3 Å². The zero-order valence-corrected chi connectivity index (χ0v) is 15.5. The number of nitriles is 1. The van der Waals surface area contributed by atoms with E-state index in [9.17, 15) is 24.3 Å². The van der Waals surface area contributed by atoms with Crippen molar-refractivity contribution in [1.82, 2.24) is 5.32 Å². The van der Waals surface area contributed by atoms with Crippen molar-refractivity contribution in [2.24, 2.45) is 0 Å². The number of carbonyl (C=O) groups excluding carboxylic acids is 1. The molecule has 3 aromatic carbocycles. The molecule has 2 N–H and O–H groups in total. The van der Waals surface area contributed by atoms with Crippen LogP contribution < -0.4 is 5.32 Å². The first kappa shape index (κ1) is 19.8. The Morgan fingerprint density at radius 1 is 1.03 bits per heavy atom. The van der Waals surface area contributed by atoms with Crippen molar-refractivity contribution in [1.29, 1.82) is 5.26 Å². The molecular weight excluding hydrogens is 371 g/mol. The van der Waals surface area contributed by atoms with Crippen molar-refractivity contribution in [3.63, 3.8) is 0 Å². The number of carboxylic acids is 1. The van der Waals surface area contributed by atoms with Crippen molar-refractivity contribution in [2.45, 2.75) is 13.0 Å². The van der Waals surface area contributed by atoms with Gasteiger partial charge in [0.15, 0.2) is 0 Å². The highest BCUT2D eigenvalue weighted by atomic mass is 19.1. The van der Waals surface area contributed by atoms with Crippen molar-refractivity contribution < 1.29 is 19.1 Å². The third-order valence-corrected chi connectivity index (χ3v) is 4.52. The Labute approximate surface area is 167 Å². The second-order valence-corrected chi connectivity index (χ2v) is 6.51. The molecule has 0 bridgehead atoms. The molecule has 5 nitrogen and oxygen atoms in total. The van der Waals surface area contributed by atoms with Crippen LogP contribution in [-0.4, -0.2) is 17.0 Å². The van der Waals surface area contributed by atoms with Gasteiger partial charge in [0, 0.05) is 5.56 Å². The molecule has 0 aliphatic rings. The fourth-order valence-corrected chi connectivity index (χ4v) is 2.98. The Morgan fingerprint density at radius 2 is 1.69 bits per heavy atom. The lowest BCUT2D eigenvalue weighted by Gasteiger charge is -2.15. The van der Waals surface area contributed by atoms with Crippen LogP contribution in [0.15, 0.2) is 66.7 Å². The Bertz CT molecular complexity index is 1120. The Balaban J connectivity index is 1.97. The van der Waals surface area contributed by atoms with E-state index in [1.54, 1.807) is 49.4 Å². The van der Waals surface area contributed by atoms with E-state index in [0.29, 0.717) is 22.3 Å². The number of hydrogen-bond acceptors (Lipinski definition) is 3. The van der Waals surface area contributed by atoms with E-state index >= 15 is 0 Å². The van der Waals surface area contributed by atoms with Crippen LogP contribution in [0.25, 0.3) is 11.1 Å². The van der Waals surface area contributed by atoms with Crippen LogP contribution in [0.5, 0.6) is 0 Å². The number of nitrogens with zero attached hydrogens (tertiary/aromatic N) is 1. The van der Waals surface area contributed by atoms with Crippen molar-refractivity contribution in [2.75, 3.05) is 0 Å². The third-order valence-electron chi connectivity index (χ3n) is 4.52. The second kappa shape index (κ2) is 8.36. The highest BCUT2D eigenvalue weighted by Crippen LogP contribution is 2.26. The van der Waals surface area contributed by atoms with E-state index in [-0.39, 0.29) is 16.9 Å². The predicted octanol–water partition coefficient (Wildman–Crippen LogP) is 4.55. The van der Waals surface area contributed by atoms with Gasteiger partial charge in [-0.25, -0.2) is 9.18 Å². The summed E-state index contributed by atoms with van der Waals surface area (Å²) >= 11 is 0. The van der Waals surface area contributed by atoms with Crippen molar-refractivity contribution in [3.05, 3.63) is 94.8 Å². The number of carboxylic acid groups (broad SMARTS) is 1. The normalized spacial score (nSPS) is 11.3. The largest absolute Gasteiger partial charge is 0.478 e. The summed E-state index contributed by atoms with van der Waals surface area (Å²) in [5.41, 5.74) is 2.18. The van der Waals surface area contributed by atoms with Gasteiger partial charge in [0.2, 0.25) is 0 Å². The number of hydrogen-bond donors (Lipinski definition) is 2. The summed E-state index contributed by atoms with van der Waals surface area (Å²) in [4.78, 5) is 24.3. The quantitative estimate of drug-likeness (QED) is 0.671. The molecule has 0 heterocycles. The number of amides is 1. The highest BCUT2D eigenvalue weighted by molar-refractivity contribution is 5.99. The summed E-state index contributed by atoms with van der Waals surface area (Å²) in [5, 5.41) is 21.6. The van der Waals surface area contributed by atoms with Gasteiger partial charge in [-0.3, -0.25) is 4.79 Å². The Morgan fingerprint density at radius 3 is 2.34 bits per heavy atom. The van der Waals surface area contributed by atoms with Gasteiger partial charge < -0.3 is 10.4 Å². The molecule has 0 saturated carbocycles. The summed E-state index contributed by atoms with van der Waals surface area (Å²) in [5.74, 6) is -2.02. The molecule has 0 unspecified atom stereocenters. The second-order valence-electron chi connectivity index (χ2n) is 6.51. The van der Waals surface area contributed by atoms with Crippen LogP contribution >= 0.6 is 0 Å². The van der Waals surface area contributed by atoms with E-state index in [4.69, 9.17) is 0 Å². The minimum absolute atomic E-state index is 0.0603. The van der Waals surface area contributed by atoms with Gasteiger partial charge in [-0.1, -0.05) is 30.3 Å². The summed E-state index contributed by atoms with van der Waals surface area (Å²) in [6.07, 6.45) is 0. The summed E-state index contributed by atoms with van der Waals surface area (Å²) < 4.78 is 13.1. The van der Waals surface area contributed by atoms with Crippen LogP contribution in [0.3, 0.4) is 0 Å². The zero-order valence-electron chi connectivity index (χ0n) is 15.5. The molecule has 0 aliphatic carbocycles. The molecule has 0 spiro atoms. The molecule has 6 heteroatoms. The molecule has 1 amide bonds. The van der Waals surface area contributed by atoms with Gasteiger partial charge >= 0.3 is 5.97 Å². The van der Waals surface area contributed by atoms with Crippen LogP contribution in [0.4, 0.5) is 4.39 Å². The van der Waals surface area contributed by atoms with Crippen LogP contribution in [0.2, 0.25) is 0 Å². The lowest BCUT2D eigenvalue weighted by molar-refractivity contribution is 0.0697. The maximum Gasteiger partial charge on any atom is 0.335 e. The summed E-state index contributed by atoms with van der Waals surface area (Å²) in [6, 6.07) is 18.4. The van der Waals surface area contributed by atoms with Crippen molar-refractivity contribution in [3.8, 4) is 17.2 Å². The predicted molar refractivity (Wildman–Crippen MR) is 106 cm³/mol. The minimum Gasteiger partial charge on any atom is -0.478 e. The Kier molecular flexibility index (Phi) is 5.70. The third kappa shape index (κ3) is 4.47. The van der Waals surface area contributed by atoms with Crippen LogP contribution in [-0.2, 0) is 0 Å². The highest BCUT2D eigenvalue weighted by Gasteiger charge is 2.17. The molecule has 29 heavy (non-hydrogen) atoms. The maximum absolute atomic E-state index is 13.1. The van der Waals surface area contributed by atoms with Crippen LogP contribution in [0.1, 0.15) is 44.8 Å². The number of benzene rings is 3. The van der Waals surface area contributed by atoms with Gasteiger partial charge in [-0.2, -0.15) is 5.26 Å². The standard InChI is InChI=1S/C23H17FN2O3/c1-14(15-6-8-20(24)9-7-15)26-22(27)18-10-17(11-19(12-18)23(28)29)21-5-3-2-4-16(21)13-25/h2-12,14H,1H3,(H,26,27)(H,28,29)/t14-/m1/s1. The topological polar surface area (TPSA) is 90.2 Å². The monoisotopic (exact) mass is 388 g/mol. The first-order valence-electron chi connectivity index (χ1n) is 8.83. The van der Waals surface area contributed by atoms with E-state index in [1.807, 2.05) is 0 Å². The van der Waals surface area contributed by atoms with Gasteiger partial charge in [-0.15, -0.1) is 0 Å².